The summed E-state index contributed by atoms with van der Waals surface area (Å²) in [5.74, 6) is 2.81. The Balaban J connectivity index is 2.50. The molecule has 4 atom stereocenters. The van der Waals surface area contributed by atoms with Crippen LogP contribution in [0.3, 0.4) is 0 Å². The summed E-state index contributed by atoms with van der Waals surface area (Å²) in [7, 11) is 0. The van der Waals surface area contributed by atoms with Crippen LogP contribution in [-0.4, -0.2) is 12.6 Å². The predicted molar refractivity (Wildman–Crippen MR) is 68.0 cm³/mol. The molecule has 0 aliphatic heterocycles. The van der Waals surface area contributed by atoms with Crippen molar-refractivity contribution in [1.29, 1.82) is 0 Å². The number of hydrogen-bond acceptors (Lipinski definition) is 1. The fourth-order valence-corrected chi connectivity index (χ4v) is 3.33. The van der Waals surface area contributed by atoms with E-state index in [0.717, 1.165) is 30.3 Å². The Hall–Kier alpha value is -0.0400. The molecule has 15 heavy (non-hydrogen) atoms. The van der Waals surface area contributed by atoms with E-state index in [9.17, 15) is 0 Å². The Morgan fingerprint density at radius 3 is 2.47 bits per heavy atom. The van der Waals surface area contributed by atoms with E-state index in [1.54, 1.807) is 0 Å². The van der Waals surface area contributed by atoms with Gasteiger partial charge < -0.3 is 5.32 Å². The molecule has 1 saturated carbocycles. The van der Waals surface area contributed by atoms with Gasteiger partial charge in [-0.05, 0) is 43.6 Å². The summed E-state index contributed by atoms with van der Waals surface area (Å²) in [6.07, 6.45) is 7.00. The van der Waals surface area contributed by atoms with Gasteiger partial charge in [-0.15, -0.1) is 0 Å². The van der Waals surface area contributed by atoms with Crippen molar-refractivity contribution in [2.45, 2.75) is 65.8 Å². The Morgan fingerprint density at radius 2 is 1.93 bits per heavy atom. The zero-order valence-electron chi connectivity index (χ0n) is 11.1. The van der Waals surface area contributed by atoms with E-state index in [2.05, 4.69) is 33.0 Å². The van der Waals surface area contributed by atoms with E-state index in [0.29, 0.717) is 0 Å². The number of hydrogen-bond donors (Lipinski definition) is 1. The van der Waals surface area contributed by atoms with E-state index in [1.807, 2.05) is 0 Å². The monoisotopic (exact) mass is 211 g/mol. The maximum atomic E-state index is 3.70. The Morgan fingerprint density at radius 1 is 1.20 bits per heavy atom. The molecule has 1 fully saturated rings. The first kappa shape index (κ1) is 13.0. The van der Waals surface area contributed by atoms with Gasteiger partial charge in [-0.2, -0.15) is 0 Å². The molecule has 0 aromatic rings. The van der Waals surface area contributed by atoms with Crippen molar-refractivity contribution in [2.24, 2.45) is 17.8 Å². The molecule has 4 unspecified atom stereocenters. The molecular weight excluding hydrogens is 182 g/mol. The molecule has 0 aromatic carbocycles. The van der Waals surface area contributed by atoms with Gasteiger partial charge in [0.2, 0.25) is 0 Å². The van der Waals surface area contributed by atoms with Gasteiger partial charge in [-0.25, -0.2) is 0 Å². The van der Waals surface area contributed by atoms with Crippen LogP contribution in [0.25, 0.3) is 0 Å². The third-order valence-corrected chi connectivity index (χ3v) is 4.08. The Labute approximate surface area is 96.0 Å². The Bertz CT molecular complexity index is 161. The van der Waals surface area contributed by atoms with Crippen LogP contribution in [0.15, 0.2) is 0 Å². The first-order valence-electron chi connectivity index (χ1n) is 6.92. The topological polar surface area (TPSA) is 12.0 Å². The van der Waals surface area contributed by atoms with Gasteiger partial charge in [0.05, 0.1) is 0 Å². The van der Waals surface area contributed by atoms with Crippen LogP contribution >= 0.6 is 0 Å². The van der Waals surface area contributed by atoms with Crippen LogP contribution in [0.5, 0.6) is 0 Å². The van der Waals surface area contributed by atoms with Crippen LogP contribution in [0.2, 0.25) is 0 Å². The minimum atomic E-state index is 0.780. The molecule has 1 heteroatoms. The van der Waals surface area contributed by atoms with Crippen molar-refractivity contribution in [2.75, 3.05) is 6.54 Å². The van der Waals surface area contributed by atoms with E-state index in [4.69, 9.17) is 0 Å². The summed E-state index contributed by atoms with van der Waals surface area (Å²) in [6, 6.07) is 0.780. The maximum absolute atomic E-state index is 3.70. The molecule has 1 aliphatic rings. The second-order valence-electron chi connectivity index (χ2n) is 5.51. The van der Waals surface area contributed by atoms with Crippen LogP contribution in [0, 0.1) is 17.8 Å². The van der Waals surface area contributed by atoms with Crippen LogP contribution in [0.4, 0.5) is 0 Å². The first-order valence-corrected chi connectivity index (χ1v) is 6.92. The van der Waals surface area contributed by atoms with Gasteiger partial charge in [-0.3, -0.25) is 0 Å². The summed E-state index contributed by atoms with van der Waals surface area (Å²) < 4.78 is 0. The molecule has 90 valence electrons. The van der Waals surface area contributed by atoms with Crippen LogP contribution < -0.4 is 5.32 Å². The van der Waals surface area contributed by atoms with E-state index >= 15 is 0 Å². The van der Waals surface area contributed by atoms with Gasteiger partial charge in [0.15, 0.2) is 0 Å². The average molecular weight is 211 g/mol. The third kappa shape index (κ3) is 3.79. The van der Waals surface area contributed by atoms with E-state index in [-0.39, 0.29) is 0 Å². The maximum Gasteiger partial charge on any atom is 0.00976 e. The van der Waals surface area contributed by atoms with Crippen molar-refractivity contribution in [3.05, 3.63) is 0 Å². The van der Waals surface area contributed by atoms with Crippen molar-refractivity contribution in [1.82, 2.24) is 5.32 Å². The van der Waals surface area contributed by atoms with Gasteiger partial charge in [-0.1, -0.05) is 40.5 Å². The lowest BCUT2D eigenvalue weighted by Gasteiger charge is -2.38. The summed E-state index contributed by atoms with van der Waals surface area (Å²) in [5, 5.41) is 3.70. The zero-order chi connectivity index (χ0) is 11.3. The highest BCUT2D eigenvalue weighted by Crippen LogP contribution is 2.36. The molecule has 1 N–H and O–H groups in total. The molecule has 0 radical (unpaired) electrons. The lowest BCUT2D eigenvalue weighted by Crippen LogP contribution is -2.41. The lowest BCUT2D eigenvalue weighted by atomic mass is 9.71. The number of nitrogens with one attached hydrogen (secondary N) is 1. The first-order chi connectivity index (χ1) is 7.19. The summed E-state index contributed by atoms with van der Waals surface area (Å²) in [6.45, 7) is 10.5. The molecular formula is C14H29N. The van der Waals surface area contributed by atoms with Gasteiger partial charge in [0.1, 0.15) is 0 Å². The quantitative estimate of drug-likeness (QED) is 0.728. The van der Waals surface area contributed by atoms with Crippen LogP contribution in [-0.2, 0) is 0 Å². The molecule has 1 nitrogen and oxygen atoms in total. The normalized spacial score (nSPS) is 34.0. The van der Waals surface area contributed by atoms with Gasteiger partial charge in [0.25, 0.3) is 0 Å². The highest BCUT2D eigenvalue weighted by Gasteiger charge is 2.30. The highest BCUT2D eigenvalue weighted by atomic mass is 14.9. The largest absolute Gasteiger partial charge is 0.314 e. The predicted octanol–water partition coefficient (Wildman–Crippen LogP) is 3.84. The lowest BCUT2D eigenvalue weighted by molar-refractivity contribution is 0.154. The zero-order valence-corrected chi connectivity index (χ0v) is 11.1. The van der Waals surface area contributed by atoms with Gasteiger partial charge >= 0.3 is 0 Å². The minimum Gasteiger partial charge on any atom is -0.314 e. The summed E-state index contributed by atoms with van der Waals surface area (Å²) in [4.78, 5) is 0. The smallest absolute Gasteiger partial charge is 0.00976 e. The SMILES string of the molecule is CCCC(NCC)C1CCC(C)CC1C. The van der Waals surface area contributed by atoms with Crippen molar-refractivity contribution >= 4 is 0 Å². The number of rotatable bonds is 5. The highest BCUT2D eigenvalue weighted by molar-refractivity contribution is 4.84. The summed E-state index contributed by atoms with van der Waals surface area (Å²) >= 11 is 0. The fraction of sp³-hybridized carbons (Fsp3) is 1.00. The van der Waals surface area contributed by atoms with Crippen molar-refractivity contribution < 1.29 is 0 Å². The third-order valence-electron chi connectivity index (χ3n) is 4.08. The molecule has 1 rings (SSSR count). The molecule has 1 aliphatic carbocycles. The molecule has 0 saturated heterocycles. The molecule has 0 spiro atoms. The van der Waals surface area contributed by atoms with E-state index < -0.39 is 0 Å². The van der Waals surface area contributed by atoms with E-state index in [1.165, 1.54) is 32.1 Å². The van der Waals surface area contributed by atoms with Gasteiger partial charge in [0, 0.05) is 6.04 Å². The Kier molecular flexibility index (Phi) is 5.66. The molecule has 0 bridgehead atoms. The minimum absolute atomic E-state index is 0.780. The standard InChI is InChI=1S/C14H29N/c1-5-7-14(15-6-2)13-9-8-11(3)10-12(13)4/h11-15H,5-10H2,1-4H3. The molecule has 0 heterocycles. The molecule has 0 aromatic heterocycles. The van der Waals surface area contributed by atoms with Crippen molar-refractivity contribution in [3.8, 4) is 0 Å². The van der Waals surface area contributed by atoms with Crippen LogP contribution in [0.1, 0.15) is 59.8 Å². The second kappa shape index (κ2) is 6.52. The molecule has 0 amide bonds. The average Bonchev–Trinajstić information content (AvgIpc) is 2.17. The second-order valence-corrected chi connectivity index (χ2v) is 5.51. The van der Waals surface area contributed by atoms with Crippen molar-refractivity contribution in [3.63, 3.8) is 0 Å². The fourth-order valence-electron chi connectivity index (χ4n) is 3.33. The summed E-state index contributed by atoms with van der Waals surface area (Å²) in [5.41, 5.74) is 0.